The van der Waals surface area contributed by atoms with Crippen molar-refractivity contribution in [1.29, 1.82) is 0 Å². The van der Waals surface area contributed by atoms with Crippen LogP contribution in [0.25, 0.3) is 0 Å². The molecule has 0 spiro atoms. The number of rotatable bonds is 6. The molecule has 18 heavy (non-hydrogen) atoms. The molecule has 0 aliphatic rings. The maximum atomic E-state index is 13.3. The first-order valence-electron chi connectivity index (χ1n) is 6.22. The Kier molecular flexibility index (Phi) is 6.06. The van der Waals surface area contributed by atoms with Gasteiger partial charge >= 0.3 is 0 Å². The van der Waals surface area contributed by atoms with Gasteiger partial charge in [-0.25, -0.2) is 4.39 Å². The Morgan fingerprint density at radius 1 is 1.33 bits per heavy atom. The van der Waals surface area contributed by atoms with Crippen LogP contribution in [-0.2, 0) is 6.54 Å². The fourth-order valence-corrected chi connectivity index (χ4v) is 1.92. The highest BCUT2D eigenvalue weighted by molar-refractivity contribution is 6.30. The Hall–Kier alpha value is -0.640. The standard InChI is InChI=1S/C14H22ClFN2/c1-10(2)14(9-18(3)4)17-8-11-5-6-12(15)13(16)7-11/h5-7,10,14,17H,8-9H2,1-4H3. The highest BCUT2D eigenvalue weighted by Gasteiger charge is 2.13. The van der Waals surface area contributed by atoms with Crippen LogP contribution in [0, 0.1) is 11.7 Å². The number of halogens is 2. The number of benzene rings is 1. The Morgan fingerprint density at radius 2 is 2.00 bits per heavy atom. The van der Waals surface area contributed by atoms with Gasteiger partial charge in [0, 0.05) is 19.1 Å². The van der Waals surface area contributed by atoms with E-state index in [4.69, 9.17) is 11.6 Å². The molecule has 0 heterocycles. The number of nitrogens with zero attached hydrogens (tertiary/aromatic N) is 1. The Bertz CT molecular complexity index is 380. The second-order valence-electron chi connectivity index (χ2n) is 5.24. The van der Waals surface area contributed by atoms with Crippen LogP contribution in [0.5, 0.6) is 0 Å². The third-order valence-electron chi connectivity index (χ3n) is 2.92. The van der Waals surface area contributed by atoms with E-state index in [1.165, 1.54) is 6.07 Å². The molecule has 0 saturated heterocycles. The number of hydrogen-bond donors (Lipinski definition) is 1. The molecule has 2 nitrogen and oxygen atoms in total. The third-order valence-corrected chi connectivity index (χ3v) is 3.23. The van der Waals surface area contributed by atoms with Gasteiger partial charge in [0.05, 0.1) is 5.02 Å². The molecule has 1 unspecified atom stereocenters. The van der Waals surface area contributed by atoms with Gasteiger partial charge in [0.25, 0.3) is 0 Å². The van der Waals surface area contributed by atoms with Crippen molar-refractivity contribution in [3.8, 4) is 0 Å². The van der Waals surface area contributed by atoms with Crippen molar-refractivity contribution >= 4 is 11.6 Å². The fraction of sp³-hybridized carbons (Fsp3) is 0.571. The van der Waals surface area contributed by atoms with Crippen molar-refractivity contribution in [3.63, 3.8) is 0 Å². The zero-order chi connectivity index (χ0) is 13.7. The van der Waals surface area contributed by atoms with Crippen LogP contribution in [0.4, 0.5) is 4.39 Å². The summed E-state index contributed by atoms with van der Waals surface area (Å²) in [6.07, 6.45) is 0. The van der Waals surface area contributed by atoms with Gasteiger partial charge in [-0.05, 0) is 37.7 Å². The van der Waals surface area contributed by atoms with Crippen molar-refractivity contribution in [1.82, 2.24) is 10.2 Å². The van der Waals surface area contributed by atoms with Crippen molar-refractivity contribution in [2.45, 2.75) is 26.4 Å². The van der Waals surface area contributed by atoms with E-state index in [1.807, 2.05) is 6.07 Å². The lowest BCUT2D eigenvalue weighted by Gasteiger charge is -2.25. The lowest BCUT2D eigenvalue weighted by Crippen LogP contribution is -2.41. The summed E-state index contributed by atoms with van der Waals surface area (Å²) in [7, 11) is 4.11. The summed E-state index contributed by atoms with van der Waals surface area (Å²) in [5.41, 5.74) is 0.918. The molecule has 1 N–H and O–H groups in total. The van der Waals surface area contributed by atoms with E-state index < -0.39 is 0 Å². The van der Waals surface area contributed by atoms with Crippen LogP contribution in [0.3, 0.4) is 0 Å². The maximum absolute atomic E-state index is 13.3. The molecule has 0 aliphatic carbocycles. The summed E-state index contributed by atoms with van der Waals surface area (Å²) < 4.78 is 13.3. The summed E-state index contributed by atoms with van der Waals surface area (Å²) >= 11 is 5.66. The first-order chi connectivity index (χ1) is 8.40. The summed E-state index contributed by atoms with van der Waals surface area (Å²) in [6.45, 7) is 5.99. The fourth-order valence-electron chi connectivity index (χ4n) is 1.80. The van der Waals surface area contributed by atoms with Gasteiger partial charge in [-0.3, -0.25) is 0 Å². The lowest BCUT2D eigenvalue weighted by molar-refractivity contribution is 0.288. The zero-order valence-corrected chi connectivity index (χ0v) is 12.3. The Morgan fingerprint density at radius 3 is 2.50 bits per heavy atom. The number of likely N-dealkylation sites (N-methyl/N-ethyl adjacent to an activating group) is 1. The van der Waals surface area contributed by atoms with Gasteiger partial charge < -0.3 is 10.2 Å². The average molecular weight is 273 g/mol. The van der Waals surface area contributed by atoms with Gasteiger partial charge in [0.2, 0.25) is 0 Å². The van der Waals surface area contributed by atoms with E-state index in [0.717, 1.165) is 12.1 Å². The molecule has 0 bridgehead atoms. The van der Waals surface area contributed by atoms with E-state index in [2.05, 4.69) is 38.2 Å². The summed E-state index contributed by atoms with van der Waals surface area (Å²) in [4.78, 5) is 2.15. The predicted molar refractivity (Wildman–Crippen MR) is 75.4 cm³/mol. The Balaban J connectivity index is 2.58. The first-order valence-corrected chi connectivity index (χ1v) is 6.60. The molecule has 0 aliphatic heterocycles. The minimum atomic E-state index is -0.357. The summed E-state index contributed by atoms with van der Waals surface area (Å²) in [6, 6.07) is 5.33. The highest BCUT2D eigenvalue weighted by Crippen LogP contribution is 2.15. The van der Waals surface area contributed by atoms with Crippen molar-refractivity contribution in [3.05, 3.63) is 34.6 Å². The second-order valence-corrected chi connectivity index (χ2v) is 5.65. The van der Waals surface area contributed by atoms with Gasteiger partial charge in [-0.1, -0.05) is 31.5 Å². The Labute approximate surface area is 114 Å². The number of nitrogens with one attached hydrogen (secondary N) is 1. The van der Waals surface area contributed by atoms with Crippen molar-refractivity contribution < 1.29 is 4.39 Å². The van der Waals surface area contributed by atoms with E-state index in [0.29, 0.717) is 18.5 Å². The van der Waals surface area contributed by atoms with Crippen molar-refractivity contribution in [2.75, 3.05) is 20.6 Å². The van der Waals surface area contributed by atoms with Crippen LogP contribution in [0.1, 0.15) is 19.4 Å². The maximum Gasteiger partial charge on any atom is 0.142 e. The van der Waals surface area contributed by atoms with Gasteiger partial charge in [-0.2, -0.15) is 0 Å². The van der Waals surface area contributed by atoms with Crippen LogP contribution in [-0.4, -0.2) is 31.6 Å². The molecule has 0 saturated carbocycles. The lowest BCUT2D eigenvalue weighted by atomic mass is 10.0. The molecule has 1 aromatic rings. The van der Waals surface area contributed by atoms with Gasteiger partial charge in [-0.15, -0.1) is 0 Å². The molecule has 1 rings (SSSR count). The normalized spacial score (nSPS) is 13.3. The van der Waals surface area contributed by atoms with Crippen LogP contribution in [0.2, 0.25) is 5.02 Å². The van der Waals surface area contributed by atoms with Crippen LogP contribution >= 0.6 is 11.6 Å². The molecule has 102 valence electrons. The molecule has 1 aromatic carbocycles. The number of hydrogen-bond acceptors (Lipinski definition) is 2. The van der Waals surface area contributed by atoms with E-state index in [9.17, 15) is 4.39 Å². The smallest absolute Gasteiger partial charge is 0.142 e. The van der Waals surface area contributed by atoms with Gasteiger partial charge in [0.15, 0.2) is 0 Å². The third kappa shape index (κ3) is 4.92. The topological polar surface area (TPSA) is 15.3 Å². The predicted octanol–water partition coefficient (Wildman–Crippen LogP) is 3.15. The summed E-state index contributed by atoms with van der Waals surface area (Å²) in [5.74, 6) is 0.175. The monoisotopic (exact) mass is 272 g/mol. The van der Waals surface area contributed by atoms with E-state index in [-0.39, 0.29) is 10.8 Å². The molecule has 1 atom stereocenters. The van der Waals surface area contributed by atoms with Gasteiger partial charge in [0.1, 0.15) is 5.82 Å². The van der Waals surface area contributed by atoms with E-state index >= 15 is 0 Å². The molecule has 0 aromatic heterocycles. The second kappa shape index (κ2) is 7.07. The van der Waals surface area contributed by atoms with Crippen LogP contribution < -0.4 is 5.32 Å². The van der Waals surface area contributed by atoms with E-state index in [1.54, 1.807) is 6.07 Å². The highest BCUT2D eigenvalue weighted by atomic mass is 35.5. The molecule has 4 heteroatoms. The molecule has 0 amide bonds. The molecule has 0 fully saturated rings. The molecular weight excluding hydrogens is 251 g/mol. The molecule has 0 radical (unpaired) electrons. The minimum absolute atomic E-state index is 0.174. The average Bonchev–Trinajstić information content (AvgIpc) is 2.28. The SMILES string of the molecule is CC(C)C(CN(C)C)NCc1ccc(Cl)c(F)c1. The largest absolute Gasteiger partial charge is 0.308 e. The quantitative estimate of drug-likeness (QED) is 0.856. The van der Waals surface area contributed by atoms with Crippen molar-refractivity contribution in [2.24, 2.45) is 5.92 Å². The molecular formula is C14H22ClFN2. The van der Waals surface area contributed by atoms with Crippen LogP contribution in [0.15, 0.2) is 18.2 Å². The zero-order valence-electron chi connectivity index (χ0n) is 11.5. The first kappa shape index (κ1) is 15.4. The minimum Gasteiger partial charge on any atom is -0.308 e. The summed E-state index contributed by atoms with van der Waals surface area (Å²) in [5, 5.41) is 3.64.